The molecule has 0 N–H and O–H groups in total. The van der Waals surface area contributed by atoms with Crippen LogP contribution in [0.4, 0.5) is 10.8 Å². The highest BCUT2D eigenvalue weighted by Gasteiger charge is 2.21. The van der Waals surface area contributed by atoms with Gasteiger partial charge >= 0.3 is 5.97 Å². The van der Waals surface area contributed by atoms with Gasteiger partial charge in [-0.05, 0) is 30.3 Å². The zero-order chi connectivity index (χ0) is 21.0. The van der Waals surface area contributed by atoms with Crippen LogP contribution in [0.1, 0.15) is 23.0 Å². The zero-order valence-corrected chi connectivity index (χ0v) is 17.8. The number of carbonyl (C=O) groups excluding carboxylic acids is 2. The highest BCUT2D eigenvalue weighted by Crippen LogP contribution is 2.35. The van der Waals surface area contributed by atoms with Crippen molar-refractivity contribution in [1.82, 2.24) is 4.98 Å². The number of ether oxygens (including phenoxy) is 2. The molecule has 9 heteroatoms. The quantitative estimate of drug-likeness (QED) is 0.463. The van der Waals surface area contributed by atoms with Gasteiger partial charge in [0.2, 0.25) is 5.91 Å². The first-order valence-corrected chi connectivity index (χ1v) is 10.0. The minimum absolute atomic E-state index is 0.0484. The molecule has 0 aliphatic heterocycles. The molecular weight excluding hydrogens is 435 g/mol. The highest BCUT2D eigenvalue weighted by molar-refractivity contribution is 7.14. The number of methoxy groups -OCH3 is 1. The van der Waals surface area contributed by atoms with Crippen LogP contribution in [-0.2, 0) is 16.1 Å². The lowest BCUT2D eigenvalue weighted by molar-refractivity contribution is -0.115. The molecule has 0 unspecified atom stereocenters. The summed E-state index contributed by atoms with van der Waals surface area (Å²) in [5, 5.41) is 2.80. The number of para-hydroxylation sites is 2. The Morgan fingerprint density at radius 3 is 2.59 bits per heavy atom. The maximum absolute atomic E-state index is 12.3. The number of thiazole rings is 1. The molecule has 6 nitrogen and oxygen atoms in total. The van der Waals surface area contributed by atoms with Gasteiger partial charge in [-0.25, -0.2) is 9.78 Å². The van der Waals surface area contributed by atoms with Crippen molar-refractivity contribution in [2.24, 2.45) is 0 Å². The van der Waals surface area contributed by atoms with Gasteiger partial charge in [-0.2, -0.15) is 0 Å². The molecule has 0 fully saturated rings. The molecule has 0 aliphatic carbocycles. The molecule has 150 valence electrons. The standard InChI is InChI=1S/C20H16Cl2N2O4S/c1-12(25)24(17-5-3-4-6-18(17)27-2)20-23-14(11-29-20)10-28-19(26)13-7-8-15(21)16(22)9-13/h3-9,11H,10H2,1-2H3. The van der Waals surface area contributed by atoms with Crippen LogP contribution in [0.2, 0.25) is 10.0 Å². The molecule has 1 amide bonds. The molecule has 0 saturated heterocycles. The monoisotopic (exact) mass is 450 g/mol. The number of aromatic nitrogens is 1. The number of halogens is 2. The van der Waals surface area contributed by atoms with Crippen molar-refractivity contribution in [2.45, 2.75) is 13.5 Å². The molecule has 0 radical (unpaired) electrons. The van der Waals surface area contributed by atoms with E-state index in [1.165, 1.54) is 48.5 Å². The van der Waals surface area contributed by atoms with E-state index in [0.29, 0.717) is 27.3 Å². The van der Waals surface area contributed by atoms with Crippen molar-refractivity contribution in [1.29, 1.82) is 0 Å². The Morgan fingerprint density at radius 1 is 1.14 bits per heavy atom. The third-order valence-electron chi connectivity index (χ3n) is 3.88. The van der Waals surface area contributed by atoms with Gasteiger partial charge in [0.05, 0.1) is 34.1 Å². The van der Waals surface area contributed by atoms with Crippen molar-refractivity contribution < 1.29 is 19.1 Å². The fourth-order valence-corrected chi connectivity index (χ4v) is 3.70. The van der Waals surface area contributed by atoms with E-state index >= 15 is 0 Å². The van der Waals surface area contributed by atoms with Crippen LogP contribution in [0, 0.1) is 0 Å². The van der Waals surface area contributed by atoms with E-state index in [9.17, 15) is 9.59 Å². The van der Waals surface area contributed by atoms with Gasteiger partial charge in [-0.3, -0.25) is 9.69 Å². The van der Waals surface area contributed by atoms with Crippen LogP contribution in [0.25, 0.3) is 0 Å². The summed E-state index contributed by atoms with van der Waals surface area (Å²) < 4.78 is 10.6. The summed E-state index contributed by atoms with van der Waals surface area (Å²) >= 11 is 13.0. The summed E-state index contributed by atoms with van der Waals surface area (Å²) in [7, 11) is 1.53. The molecule has 29 heavy (non-hydrogen) atoms. The molecule has 0 bridgehead atoms. The average molecular weight is 451 g/mol. The Labute approximate surface area is 181 Å². The third-order valence-corrected chi connectivity index (χ3v) is 5.49. The normalized spacial score (nSPS) is 10.5. The molecular formula is C20H16Cl2N2O4S. The zero-order valence-electron chi connectivity index (χ0n) is 15.5. The van der Waals surface area contributed by atoms with Crippen molar-refractivity contribution >= 4 is 57.2 Å². The van der Waals surface area contributed by atoms with Crippen LogP contribution in [0.15, 0.2) is 47.8 Å². The van der Waals surface area contributed by atoms with Crippen molar-refractivity contribution in [3.63, 3.8) is 0 Å². The minimum atomic E-state index is -0.550. The number of carbonyl (C=O) groups is 2. The Bertz CT molecular complexity index is 1050. The number of hydrogen-bond donors (Lipinski definition) is 0. The van der Waals surface area contributed by atoms with Crippen molar-refractivity contribution in [3.05, 3.63) is 69.1 Å². The Morgan fingerprint density at radius 2 is 1.90 bits per heavy atom. The topological polar surface area (TPSA) is 68.7 Å². The number of hydrogen-bond acceptors (Lipinski definition) is 6. The van der Waals surface area contributed by atoms with E-state index in [0.717, 1.165) is 0 Å². The summed E-state index contributed by atoms with van der Waals surface area (Å²) in [5.41, 5.74) is 1.38. The number of benzene rings is 2. The molecule has 0 atom stereocenters. The second-order valence-corrected chi connectivity index (χ2v) is 7.50. The van der Waals surface area contributed by atoms with Crippen LogP contribution in [0.5, 0.6) is 5.75 Å². The molecule has 0 saturated carbocycles. The summed E-state index contributed by atoms with van der Waals surface area (Å²) in [5.74, 6) is -0.222. The highest BCUT2D eigenvalue weighted by atomic mass is 35.5. The summed E-state index contributed by atoms with van der Waals surface area (Å²) in [6, 6.07) is 11.7. The van der Waals surface area contributed by atoms with E-state index in [1.54, 1.807) is 23.6 Å². The minimum Gasteiger partial charge on any atom is -0.495 e. The van der Waals surface area contributed by atoms with Crippen molar-refractivity contribution in [2.75, 3.05) is 12.0 Å². The lowest BCUT2D eigenvalue weighted by Crippen LogP contribution is -2.23. The van der Waals surface area contributed by atoms with E-state index in [1.807, 2.05) is 6.07 Å². The average Bonchev–Trinajstić information content (AvgIpc) is 3.17. The number of amides is 1. The predicted octanol–water partition coefficient (Wildman–Crippen LogP) is 5.50. The summed E-state index contributed by atoms with van der Waals surface area (Å²) in [4.78, 5) is 30.3. The van der Waals surface area contributed by atoms with Crippen LogP contribution in [-0.4, -0.2) is 24.0 Å². The van der Waals surface area contributed by atoms with E-state index in [4.69, 9.17) is 32.7 Å². The fraction of sp³-hybridized carbons (Fsp3) is 0.150. The molecule has 1 heterocycles. The van der Waals surface area contributed by atoms with Crippen molar-refractivity contribution in [3.8, 4) is 5.75 Å². The van der Waals surface area contributed by atoms with Gasteiger partial charge in [0.1, 0.15) is 12.4 Å². The maximum atomic E-state index is 12.3. The SMILES string of the molecule is COc1ccccc1N(C(C)=O)c1nc(COC(=O)c2ccc(Cl)c(Cl)c2)cs1. The second kappa shape index (κ2) is 9.26. The van der Waals surface area contributed by atoms with Gasteiger partial charge < -0.3 is 9.47 Å². The lowest BCUT2D eigenvalue weighted by atomic mass is 10.2. The van der Waals surface area contributed by atoms with Crippen LogP contribution < -0.4 is 9.64 Å². The first-order chi connectivity index (χ1) is 13.9. The van der Waals surface area contributed by atoms with E-state index in [2.05, 4.69) is 4.98 Å². The first-order valence-electron chi connectivity index (χ1n) is 8.41. The van der Waals surface area contributed by atoms with Gasteiger partial charge in [-0.15, -0.1) is 11.3 Å². The predicted molar refractivity (Wildman–Crippen MR) is 114 cm³/mol. The Balaban J connectivity index is 1.76. The van der Waals surface area contributed by atoms with Gasteiger partial charge in [0.25, 0.3) is 0 Å². The third kappa shape index (κ3) is 4.87. The molecule has 2 aromatic carbocycles. The number of esters is 1. The smallest absolute Gasteiger partial charge is 0.338 e. The Kier molecular flexibility index (Phi) is 6.74. The van der Waals surface area contributed by atoms with E-state index in [-0.39, 0.29) is 23.1 Å². The molecule has 0 aliphatic rings. The number of nitrogens with zero attached hydrogens (tertiary/aromatic N) is 2. The molecule has 3 aromatic rings. The van der Waals surface area contributed by atoms with Gasteiger partial charge in [-0.1, -0.05) is 35.3 Å². The Hall–Kier alpha value is -2.61. The van der Waals surface area contributed by atoms with Gasteiger partial charge in [0.15, 0.2) is 5.13 Å². The summed E-state index contributed by atoms with van der Waals surface area (Å²) in [6.45, 7) is 1.39. The second-order valence-electron chi connectivity index (χ2n) is 5.85. The van der Waals surface area contributed by atoms with Crippen LogP contribution >= 0.6 is 34.5 Å². The molecule has 1 aromatic heterocycles. The summed E-state index contributed by atoms with van der Waals surface area (Å²) in [6.07, 6.45) is 0. The molecule has 3 rings (SSSR count). The maximum Gasteiger partial charge on any atom is 0.338 e. The first kappa shape index (κ1) is 21.1. The number of rotatable bonds is 6. The molecule has 0 spiro atoms. The van der Waals surface area contributed by atoms with Crippen LogP contribution in [0.3, 0.4) is 0 Å². The fourth-order valence-electron chi connectivity index (χ4n) is 2.53. The van der Waals surface area contributed by atoms with E-state index < -0.39 is 5.97 Å². The largest absolute Gasteiger partial charge is 0.495 e. The number of anilines is 2. The lowest BCUT2D eigenvalue weighted by Gasteiger charge is -2.20. The van der Waals surface area contributed by atoms with Gasteiger partial charge in [0, 0.05) is 12.3 Å².